The van der Waals surface area contributed by atoms with Crippen LogP contribution in [-0.4, -0.2) is 34.3 Å². The third kappa shape index (κ3) is 6.38. The molecule has 0 aliphatic heterocycles. The molecule has 1 aromatic carbocycles. The first kappa shape index (κ1) is 19.4. The molecule has 0 amide bonds. The minimum atomic E-state index is 0.737. The molecule has 3 rings (SSSR count). The van der Waals surface area contributed by atoms with Crippen molar-refractivity contribution in [1.29, 1.82) is 0 Å². The van der Waals surface area contributed by atoms with Crippen LogP contribution in [-0.2, 0) is 13.1 Å². The number of rotatable bonds is 7. The first-order valence-electron chi connectivity index (χ1n) is 10.1. The molecule has 1 aliphatic rings. The van der Waals surface area contributed by atoms with Crippen LogP contribution in [0.1, 0.15) is 50.2 Å². The summed E-state index contributed by atoms with van der Waals surface area (Å²) in [6, 6.07) is 8.53. The summed E-state index contributed by atoms with van der Waals surface area (Å²) in [7, 11) is 1.83. The number of benzene rings is 1. The molecule has 1 aliphatic carbocycles. The zero-order valence-electron chi connectivity index (χ0n) is 16.6. The van der Waals surface area contributed by atoms with E-state index in [1.54, 1.807) is 12.7 Å². The maximum atomic E-state index is 4.36. The lowest BCUT2D eigenvalue weighted by molar-refractivity contribution is 0.270. The van der Waals surface area contributed by atoms with Crippen LogP contribution in [0.5, 0.6) is 0 Å². The lowest BCUT2D eigenvalue weighted by Gasteiger charge is -2.26. The second kappa shape index (κ2) is 10.1. The van der Waals surface area contributed by atoms with Crippen LogP contribution in [0.3, 0.4) is 0 Å². The average molecular weight is 369 g/mol. The minimum absolute atomic E-state index is 0.737. The average Bonchev–Trinajstić information content (AvgIpc) is 3.18. The topological polar surface area (TPSA) is 67.1 Å². The molecule has 0 spiro atoms. The summed E-state index contributed by atoms with van der Waals surface area (Å²) >= 11 is 0. The molecule has 2 unspecified atom stereocenters. The Hall–Kier alpha value is -2.37. The summed E-state index contributed by atoms with van der Waals surface area (Å²) in [5, 5.41) is 11.1. The lowest BCUT2D eigenvalue weighted by Crippen LogP contribution is -2.38. The molecule has 0 saturated heterocycles. The summed E-state index contributed by atoms with van der Waals surface area (Å²) in [5.41, 5.74) is 2.45. The highest BCUT2D eigenvalue weighted by Gasteiger charge is 2.18. The van der Waals surface area contributed by atoms with Crippen molar-refractivity contribution in [2.45, 2.75) is 52.1 Å². The molecular weight excluding hydrogens is 336 g/mol. The van der Waals surface area contributed by atoms with Gasteiger partial charge in [-0.2, -0.15) is 5.10 Å². The van der Waals surface area contributed by atoms with Gasteiger partial charge >= 0.3 is 0 Å². The van der Waals surface area contributed by atoms with E-state index in [1.807, 2.05) is 11.7 Å². The Bertz CT molecular complexity index is 709. The molecular formula is C21H32N6. The quantitative estimate of drug-likeness (QED) is 0.582. The van der Waals surface area contributed by atoms with E-state index >= 15 is 0 Å². The van der Waals surface area contributed by atoms with Crippen LogP contribution < -0.4 is 10.6 Å². The number of nitrogens with zero attached hydrogens (tertiary/aromatic N) is 4. The van der Waals surface area contributed by atoms with Crippen molar-refractivity contribution in [3.8, 4) is 0 Å². The van der Waals surface area contributed by atoms with Crippen molar-refractivity contribution >= 4 is 5.96 Å². The van der Waals surface area contributed by atoms with Gasteiger partial charge in [-0.25, -0.2) is 9.67 Å². The van der Waals surface area contributed by atoms with Crippen molar-refractivity contribution < 1.29 is 0 Å². The van der Waals surface area contributed by atoms with Gasteiger partial charge in [0.15, 0.2) is 5.96 Å². The Kier molecular flexibility index (Phi) is 7.25. The first-order chi connectivity index (χ1) is 13.2. The maximum Gasteiger partial charge on any atom is 0.191 e. The highest BCUT2D eigenvalue weighted by molar-refractivity contribution is 5.79. The van der Waals surface area contributed by atoms with Gasteiger partial charge < -0.3 is 10.6 Å². The molecule has 1 fully saturated rings. The zero-order chi connectivity index (χ0) is 18.9. The Balaban J connectivity index is 1.42. The highest BCUT2D eigenvalue weighted by atomic mass is 15.3. The van der Waals surface area contributed by atoms with E-state index in [0.29, 0.717) is 0 Å². The molecule has 2 aromatic rings. The fourth-order valence-electron chi connectivity index (χ4n) is 3.96. The fraction of sp³-hybridized carbons (Fsp3) is 0.571. The van der Waals surface area contributed by atoms with Gasteiger partial charge in [0.05, 0.1) is 6.54 Å². The van der Waals surface area contributed by atoms with Crippen molar-refractivity contribution in [2.24, 2.45) is 16.8 Å². The molecule has 1 saturated carbocycles. The van der Waals surface area contributed by atoms with Crippen LogP contribution in [0.15, 0.2) is 41.9 Å². The summed E-state index contributed by atoms with van der Waals surface area (Å²) < 4.78 is 1.83. The van der Waals surface area contributed by atoms with E-state index < -0.39 is 0 Å². The van der Waals surface area contributed by atoms with Gasteiger partial charge in [-0.15, -0.1) is 0 Å². The Morgan fingerprint density at radius 3 is 2.93 bits per heavy atom. The first-order valence-corrected chi connectivity index (χ1v) is 10.1. The van der Waals surface area contributed by atoms with Crippen LogP contribution in [0.4, 0.5) is 0 Å². The van der Waals surface area contributed by atoms with Crippen LogP contribution in [0.25, 0.3) is 0 Å². The Morgan fingerprint density at radius 2 is 2.15 bits per heavy atom. The zero-order valence-corrected chi connectivity index (χ0v) is 16.6. The Morgan fingerprint density at radius 1 is 1.26 bits per heavy atom. The fourth-order valence-corrected chi connectivity index (χ4v) is 3.96. The van der Waals surface area contributed by atoms with E-state index in [9.17, 15) is 0 Å². The van der Waals surface area contributed by atoms with Crippen LogP contribution >= 0.6 is 0 Å². The van der Waals surface area contributed by atoms with E-state index in [-0.39, 0.29) is 0 Å². The third-order valence-electron chi connectivity index (χ3n) is 5.38. The minimum Gasteiger partial charge on any atom is -0.356 e. The normalized spacial score (nSPS) is 20.4. The van der Waals surface area contributed by atoms with E-state index in [4.69, 9.17) is 0 Å². The van der Waals surface area contributed by atoms with Crippen LogP contribution in [0, 0.1) is 11.8 Å². The largest absolute Gasteiger partial charge is 0.356 e. The summed E-state index contributed by atoms with van der Waals surface area (Å²) in [6.45, 7) is 4.87. The SMILES string of the molecule is CN=C(NCCC1CCCC(C)C1)NCc1cccc(Cn2cncn2)c1. The molecule has 1 aromatic heterocycles. The summed E-state index contributed by atoms with van der Waals surface area (Å²) in [5.74, 6) is 2.64. The van der Waals surface area contributed by atoms with Gasteiger partial charge in [0, 0.05) is 20.1 Å². The standard InChI is InChI=1S/C21H32N6/c1-17-5-3-6-18(11-17)9-10-24-21(22-2)25-13-19-7-4-8-20(12-19)14-27-16-23-15-26-27/h4,7-8,12,15-18H,3,5-6,9-11,13-14H2,1-2H3,(H2,22,24,25). The predicted molar refractivity (Wildman–Crippen MR) is 110 cm³/mol. The number of aromatic nitrogens is 3. The smallest absolute Gasteiger partial charge is 0.191 e. The summed E-state index contributed by atoms with van der Waals surface area (Å²) in [4.78, 5) is 8.35. The second-order valence-electron chi connectivity index (χ2n) is 7.69. The molecule has 2 atom stereocenters. The van der Waals surface area contributed by atoms with Gasteiger partial charge in [-0.1, -0.05) is 50.5 Å². The number of hydrogen-bond donors (Lipinski definition) is 2. The second-order valence-corrected chi connectivity index (χ2v) is 7.69. The highest BCUT2D eigenvalue weighted by Crippen LogP contribution is 2.30. The van der Waals surface area contributed by atoms with E-state index in [0.717, 1.165) is 37.4 Å². The van der Waals surface area contributed by atoms with Crippen LogP contribution in [0.2, 0.25) is 0 Å². The van der Waals surface area contributed by atoms with E-state index in [2.05, 4.69) is 56.9 Å². The van der Waals surface area contributed by atoms with Crippen molar-refractivity contribution in [2.75, 3.05) is 13.6 Å². The Labute approximate surface area is 162 Å². The van der Waals surface area contributed by atoms with Crippen molar-refractivity contribution in [3.63, 3.8) is 0 Å². The molecule has 1 heterocycles. The predicted octanol–water partition coefficient (Wildman–Crippen LogP) is 3.21. The molecule has 0 bridgehead atoms. The third-order valence-corrected chi connectivity index (χ3v) is 5.38. The van der Waals surface area contributed by atoms with Gasteiger partial charge in [0.25, 0.3) is 0 Å². The number of aliphatic imine (C=N–C) groups is 1. The molecule has 2 N–H and O–H groups in total. The lowest BCUT2D eigenvalue weighted by atomic mass is 9.81. The maximum absolute atomic E-state index is 4.36. The van der Waals surface area contributed by atoms with Crippen molar-refractivity contribution in [1.82, 2.24) is 25.4 Å². The van der Waals surface area contributed by atoms with Gasteiger partial charge in [0.2, 0.25) is 0 Å². The monoisotopic (exact) mass is 368 g/mol. The summed E-state index contributed by atoms with van der Waals surface area (Å²) in [6.07, 6.45) is 10.1. The van der Waals surface area contributed by atoms with Gasteiger partial charge in [-0.3, -0.25) is 4.99 Å². The number of hydrogen-bond acceptors (Lipinski definition) is 3. The molecule has 0 radical (unpaired) electrons. The molecule has 6 nitrogen and oxygen atoms in total. The van der Waals surface area contributed by atoms with Gasteiger partial charge in [0.1, 0.15) is 12.7 Å². The molecule has 6 heteroatoms. The van der Waals surface area contributed by atoms with Crippen molar-refractivity contribution in [3.05, 3.63) is 48.0 Å². The molecule has 27 heavy (non-hydrogen) atoms. The number of nitrogens with one attached hydrogen (secondary N) is 2. The molecule has 146 valence electrons. The number of guanidine groups is 1. The van der Waals surface area contributed by atoms with Gasteiger partial charge in [-0.05, 0) is 35.8 Å². The van der Waals surface area contributed by atoms with E-state index in [1.165, 1.54) is 43.2 Å².